The minimum absolute atomic E-state index is 0.00475. The Hall–Kier alpha value is -0.930. The van der Waals surface area contributed by atoms with E-state index in [2.05, 4.69) is 26.1 Å². The average molecular weight is 265 g/mol. The molecule has 0 aromatic heterocycles. The van der Waals surface area contributed by atoms with E-state index in [9.17, 15) is 4.39 Å². The van der Waals surface area contributed by atoms with Gasteiger partial charge in [0.2, 0.25) is 0 Å². The summed E-state index contributed by atoms with van der Waals surface area (Å²) in [7, 11) is 0. The molecule has 1 unspecified atom stereocenters. The van der Waals surface area contributed by atoms with E-state index in [1.165, 1.54) is 18.6 Å². The van der Waals surface area contributed by atoms with Gasteiger partial charge in [0.15, 0.2) is 0 Å². The third kappa shape index (κ3) is 4.59. The molecule has 106 valence electrons. The fourth-order valence-corrected chi connectivity index (χ4v) is 2.06. The summed E-state index contributed by atoms with van der Waals surface area (Å²) in [6, 6.07) is 6.65. The highest BCUT2D eigenvalue weighted by Crippen LogP contribution is 2.29. The van der Waals surface area contributed by atoms with E-state index < -0.39 is 0 Å². The fourth-order valence-electron chi connectivity index (χ4n) is 2.06. The molecule has 1 aliphatic carbocycles. The van der Waals surface area contributed by atoms with Crippen molar-refractivity contribution in [2.45, 2.75) is 57.8 Å². The van der Waals surface area contributed by atoms with Gasteiger partial charge in [-0.1, -0.05) is 12.1 Å². The molecular formula is C16H24FNO. The van der Waals surface area contributed by atoms with Crippen LogP contribution in [-0.2, 0) is 4.74 Å². The van der Waals surface area contributed by atoms with Crippen molar-refractivity contribution in [2.24, 2.45) is 0 Å². The number of nitrogens with one attached hydrogen (secondary N) is 1. The average Bonchev–Trinajstić information content (AvgIpc) is 2.27. The lowest BCUT2D eigenvalue weighted by molar-refractivity contribution is -0.0538. The van der Waals surface area contributed by atoms with Gasteiger partial charge in [-0.3, -0.25) is 0 Å². The van der Waals surface area contributed by atoms with Crippen LogP contribution in [0.5, 0.6) is 0 Å². The van der Waals surface area contributed by atoms with Crippen LogP contribution in [0.1, 0.15) is 51.7 Å². The van der Waals surface area contributed by atoms with Gasteiger partial charge in [0, 0.05) is 12.1 Å². The first-order chi connectivity index (χ1) is 8.94. The van der Waals surface area contributed by atoms with Gasteiger partial charge >= 0.3 is 0 Å². The molecule has 2 rings (SSSR count). The maximum Gasteiger partial charge on any atom is 0.123 e. The van der Waals surface area contributed by atoms with Crippen molar-refractivity contribution in [3.05, 3.63) is 35.6 Å². The molecule has 1 aliphatic rings. The first-order valence-electron chi connectivity index (χ1n) is 7.10. The van der Waals surface area contributed by atoms with E-state index in [0.29, 0.717) is 6.10 Å². The van der Waals surface area contributed by atoms with E-state index in [0.717, 1.165) is 24.9 Å². The molecule has 0 radical (unpaired) electrons. The largest absolute Gasteiger partial charge is 0.369 e. The zero-order chi connectivity index (χ0) is 13.9. The lowest BCUT2D eigenvalue weighted by atomic mass is 9.95. The van der Waals surface area contributed by atoms with Gasteiger partial charge in [0.1, 0.15) is 5.82 Å². The Bertz CT molecular complexity index is 392. The summed E-state index contributed by atoms with van der Waals surface area (Å²) in [6.45, 7) is 7.17. The predicted octanol–water partition coefficient (Wildman–Crippen LogP) is 3.82. The Morgan fingerprint density at radius 2 is 1.89 bits per heavy atom. The van der Waals surface area contributed by atoms with Crippen LogP contribution < -0.4 is 5.32 Å². The van der Waals surface area contributed by atoms with Crippen LogP contribution in [-0.4, -0.2) is 18.2 Å². The van der Waals surface area contributed by atoms with Crippen LogP contribution in [0.2, 0.25) is 0 Å². The predicted molar refractivity (Wildman–Crippen MR) is 75.6 cm³/mol. The molecule has 0 saturated heterocycles. The fraction of sp³-hybridized carbons (Fsp3) is 0.625. The van der Waals surface area contributed by atoms with Gasteiger partial charge < -0.3 is 10.1 Å². The standard InChI is InChI=1S/C16H24FNO/c1-16(2,3)18-11-15(19-14-5-4-6-14)12-7-9-13(17)10-8-12/h7-10,14-15,18H,4-6,11H2,1-3H3. The van der Waals surface area contributed by atoms with Crippen molar-refractivity contribution in [1.82, 2.24) is 5.32 Å². The van der Waals surface area contributed by atoms with Crippen LogP contribution in [0.3, 0.4) is 0 Å². The van der Waals surface area contributed by atoms with E-state index in [1.54, 1.807) is 0 Å². The van der Waals surface area contributed by atoms with Crippen molar-refractivity contribution in [2.75, 3.05) is 6.54 Å². The van der Waals surface area contributed by atoms with Gasteiger partial charge in [-0.15, -0.1) is 0 Å². The third-order valence-electron chi connectivity index (χ3n) is 3.47. The second kappa shape index (κ2) is 6.02. The molecular weight excluding hydrogens is 241 g/mol. The van der Waals surface area contributed by atoms with Gasteiger partial charge in [-0.05, 0) is 57.7 Å². The quantitative estimate of drug-likeness (QED) is 0.873. The lowest BCUT2D eigenvalue weighted by Crippen LogP contribution is -2.40. The van der Waals surface area contributed by atoms with Gasteiger partial charge in [0.05, 0.1) is 12.2 Å². The van der Waals surface area contributed by atoms with Gasteiger partial charge in [-0.2, -0.15) is 0 Å². The number of benzene rings is 1. The lowest BCUT2D eigenvalue weighted by Gasteiger charge is -2.32. The topological polar surface area (TPSA) is 21.3 Å². The molecule has 1 saturated carbocycles. The molecule has 1 fully saturated rings. The molecule has 1 aromatic carbocycles. The Morgan fingerprint density at radius 1 is 1.26 bits per heavy atom. The summed E-state index contributed by atoms with van der Waals surface area (Å²) in [6.07, 6.45) is 3.93. The molecule has 0 aliphatic heterocycles. The third-order valence-corrected chi connectivity index (χ3v) is 3.47. The second-order valence-corrected chi connectivity index (χ2v) is 6.36. The Kier molecular flexibility index (Phi) is 4.58. The zero-order valence-electron chi connectivity index (χ0n) is 12.1. The monoisotopic (exact) mass is 265 g/mol. The molecule has 1 N–H and O–H groups in total. The highest BCUT2D eigenvalue weighted by atomic mass is 19.1. The van der Waals surface area contributed by atoms with Crippen LogP contribution >= 0.6 is 0 Å². The normalized spacial score (nSPS) is 18.1. The van der Waals surface area contributed by atoms with E-state index >= 15 is 0 Å². The van der Waals surface area contributed by atoms with Gasteiger partial charge in [0.25, 0.3) is 0 Å². The Balaban J connectivity index is 2.01. The van der Waals surface area contributed by atoms with Crippen molar-refractivity contribution in [1.29, 1.82) is 0 Å². The number of hydrogen-bond acceptors (Lipinski definition) is 2. The number of ether oxygens (including phenoxy) is 1. The van der Waals surface area contributed by atoms with Crippen molar-refractivity contribution < 1.29 is 9.13 Å². The zero-order valence-corrected chi connectivity index (χ0v) is 12.1. The molecule has 0 amide bonds. The minimum atomic E-state index is -0.199. The molecule has 0 heterocycles. The van der Waals surface area contributed by atoms with Crippen molar-refractivity contribution in [3.8, 4) is 0 Å². The van der Waals surface area contributed by atoms with Crippen LogP contribution in [0, 0.1) is 5.82 Å². The number of rotatable bonds is 5. The smallest absolute Gasteiger partial charge is 0.123 e. The van der Waals surface area contributed by atoms with Crippen molar-refractivity contribution in [3.63, 3.8) is 0 Å². The maximum absolute atomic E-state index is 13.0. The maximum atomic E-state index is 13.0. The summed E-state index contributed by atoms with van der Waals surface area (Å²) >= 11 is 0. The molecule has 1 atom stereocenters. The summed E-state index contributed by atoms with van der Waals surface area (Å²) in [5.41, 5.74) is 1.10. The molecule has 3 heteroatoms. The molecule has 0 spiro atoms. The van der Waals surface area contributed by atoms with Crippen LogP contribution in [0.4, 0.5) is 4.39 Å². The van der Waals surface area contributed by atoms with E-state index in [4.69, 9.17) is 4.74 Å². The Morgan fingerprint density at radius 3 is 2.37 bits per heavy atom. The second-order valence-electron chi connectivity index (χ2n) is 6.36. The first-order valence-corrected chi connectivity index (χ1v) is 7.10. The highest BCUT2D eigenvalue weighted by molar-refractivity contribution is 5.19. The first kappa shape index (κ1) is 14.5. The van der Waals surface area contributed by atoms with E-state index in [1.807, 2.05) is 12.1 Å². The molecule has 19 heavy (non-hydrogen) atoms. The molecule has 0 bridgehead atoms. The van der Waals surface area contributed by atoms with Crippen LogP contribution in [0.15, 0.2) is 24.3 Å². The van der Waals surface area contributed by atoms with Crippen LogP contribution in [0.25, 0.3) is 0 Å². The SMILES string of the molecule is CC(C)(C)NCC(OC1CCC1)c1ccc(F)cc1. The molecule has 2 nitrogen and oxygen atoms in total. The minimum Gasteiger partial charge on any atom is -0.369 e. The van der Waals surface area contributed by atoms with E-state index in [-0.39, 0.29) is 17.5 Å². The highest BCUT2D eigenvalue weighted by Gasteiger charge is 2.24. The number of halogens is 1. The summed E-state index contributed by atoms with van der Waals surface area (Å²) < 4.78 is 19.1. The van der Waals surface area contributed by atoms with Crippen molar-refractivity contribution >= 4 is 0 Å². The Labute approximate surface area is 115 Å². The summed E-state index contributed by atoms with van der Waals surface area (Å²) in [5.74, 6) is -0.199. The summed E-state index contributed by atoms with van der Waals surface area (Å²) in [5, 5.41) is 3.47. The number of hydrogen-bond donors (Lipinski definition) is 1. The van der Waals surface area contributed by atoms with Gasteiger partial charge in [-0.25, -0.2) is 4.39 Å². The summed E-state index contributed by atoms with van der Waals surface area (Å²) in [4.78, 5) is 0. The molecule has 1 aromatic rings.